The summed E-state index contributed by atoms with van der Waals surface area (Å²) in [6.07, 6.45) is 32.9. The molecule has 0 spiro atoms. The predicted molar refractivity (Wildman–Crippen MR) is 444 cm³/mol. The molecule has 1 heterocycles. The van der Waals surface area contributed by atoms with E-state index in [-0.39, 0.29) is 31.3 Å². The van der Waals surface area contributed by atoms with Gasteiger partial charge < -0.3 is 37.9 Å². The number of azide groups is 1. The fraction of sp³-hybridized carbons (Fsp3) is 0.747. The molecule has 1 aliphatic heterocycles. The number of alkyl carbamates (subject to hydrolysis) is 1. The number of allylic oxidation sites excluding steroid dienone is 1. The minimum absolute atomic E-state index is 0.170. The summed E-state index contributed by atoms with van der Waals surface area (Å²) in [7, 11) is -11.0. The number of esters is 2. The Labute approximate surface area is 663 Å². The lowest BCUT2D eigenvalue weighted by atomic mass is 9.96. The molecular weight excluding hydrogens is 1470 g/mol. The molecular formula is C83H140Cl3N4O14PSi2. The van der Waals surface area contributed by atoms with Crippen molar-refractivity contribution in [2.75, 3.05) is 33.0 Å². The number of nitrogens with one attached hydrogen (secondary N) is 1. The normalized spacial score (nSPS) is 17.6. The molecule has 1 N–H and O–H groups in total. The lowest BCUT2D eigenvalue weighted by molar-refractivity contribution is -0.271. The Hall–Kier alpha value is -3.57. The number of hydrogen-bond donors (Lipinski definition) is 1. The Morgan fingerprint density at radius 3 is 1.57 bits per heavy atom. The highest BCUT2D eigenvalue weighted by Gasteiger charge is 2.57. The second-order valence-electron chi connectivity index (χ2n) is 31.4. The van der Waals surface area contributed by atoms with Gasteiger partial charge in [0.2, 0.25) is 3.79 Å². The Balaban J connectivity index is 2.35. The summed E-state index contributed by atoms with van der Waals surface area (Å²) in [4.78, 5) is 47.4. The average Bonchev–Trinajstić information content (AvgIpc) is 0.745. The maximum absolute atomic E-state index is 15.5. The fourth-order valence-electron chi connectivity index (χ4n) is 13.3. The highest BCUT2D eigenvalue weighted by Crippen LogP contribution is 2.53. The van der Waals surface area contributed by atoms with Crippen LogP contribution in [0.1, 0.15) is 287 Å². The number of hydrogen-bond acceptors (Lipinski definition) is 15. The van der Waals surface area contributed by atoms with Crippen LogP contribution < -0.4 is 15.7 Å². The van der Waals surface area contributed by atoms with Crippen LogP contribution in [0.3, 0.4) is 0 Å². The zero-order valence-corrected chi connectivity index (χ0v) is 72.7. The third-order valence-electron chi connectivity index (χ3n) is 20.3. The standard InChI is InChI=1S/C83H140Cl3N4O14PSi2/c1-14-19-22-25-28-31-33-34-36-38-41-44-53-60-72(104-106(12,13)81(6,7)8)71(89-90-87)65-95-79-76(88-80(93)96-67-83(84,85)86)78(102-75(92)64-68(55-48-43-40-37-30-27-24-21-16-3)100-74(91)61-54-45-42-39-35-32-29-26-23-20-15-2)77(103-105(94,97-62-17-4)98-63-18-5)73(101-79)66-99-107(82(9,10)11,69-56-49-46-50-57-69)70-58-51-47-52-59-70/h17-18,46-47,49-53,56-60,68,71-73,76-79H,4-5,14-16,19-45,48,54-55,61-67H2,1-3,6-13H3,(H,88,93)/b60-53+/t68-,71+,72-,73-,76-,77-,78-,79-/m1/s1. The molecule has 8 atom stereocenters. The first-order valence-electron chi connectivity index (χ1n) is 40.7. The van der Waals surface area contributed by atoms with Crippen LogP contribution in [0.5, 0.6) is 0 Å². The highest BCUT2D eigenvalue weighted by molar-refractivity contribution is 7.48. The summed E-state index contributed by atoms with van der Waals surface area (Å²) in [6.45, 7) is 29.0. The number of unbranched alkanes of at least 4 members (excludes halogenated alkanes) is 29. The van der Waals surface area contributed by atoms with Gasteiger partial charge in [-0.3, -0.25) is 23.2 Å². The molecule has 24 heteroatoms. The van der Waals surface area contributed by atoms with Crippen LogP contribution in [0, 0.1) is 0 Å². The number of nitrogens with zero attached hydrogens (tertiary/aromatic N) is 3. The van der Waals surface area contributed by atoms with E-state index in [0.29, 0.717) is 19.3 Å². The van der Waals surface area contributed by atoms with E-state index in [9.17, 15) is 15.1 Å². The van der Waals surface area contributed by atoms with Crippen LogP contribution in [0.15, 0.2) is 103 Å². The topological polar surface area (TPSA) is 221 Å². The Bertz CT molecular complexity index is 2810. The van der Waals surface area contributed by atoms with E-state index in [1.807, 2.05) is 66.7 Å². The number of alkyl halides is 3. The highest BCUT2D eigenvalue weighted by atomic mass is 35.6. The summed E-state index contributed by atoms with van der Waals surface area (Å²) >= 11 is 18.6. The molecule has 1 fully saturated rings. The van der Waals surface area contributed by atoms with Gasteiger partial charge in [-0.25, -0.2) is 9.36 Å². The SMILES string of the molecule is C=CCOP(=O)(OCC=C)O[C@H]1[C@H](OC(=O)C[C@@H](CCCCCCCCCCC)OC(=O)CCCCCCCCCCCCC)[C@@H](NC(=O)OCC(Cl)(Cl)Cl)[C@H](OC[C@H](N=[N+]=[N-])[C@@H](/C=C/CCCCCCCCCCCCC)O[Si](C)(C)C(C)(C)C)O[C@@H]1CO[Si](c1ccccc1)(c1ccccc1)C(C)(C)C. The fourth-order valence-corrected chi connectivity index (χ4v) is 20.6. The largest absolute Gasteiger partial charge is 0.475 e. The number of halogens is 3. The monoisotopic (exact) mass is 1610 g/mol. The van der Waals surface area contributed by atoms with E-state index in [2.05, 4.69) is 110 Å². The molecule has 2 aromatic carbocycles. The van der Waals surface area contributed by atoms with Gasteiger partial charge in [-0.15, -0.1) is 13.2 Å². The molecule has 18 nitrogen and oxygen atoms in total. The lowest BCUT2D eigenvalue weighted by Crippen LogP contribution is -2.70. The minimum atomic E-state index is -4.83. The molecule has 0 saturated carbocycles. The van der Waals surface area contributed by atoms with Crippen molar-refractivity contribution >= 4 is 87.7 Å². The molecule has 0 bridgehead atoms. The first-order valence-corrected chi connectivity index (χ1v) is 48.1. The van der Waals surface area contributed by atoms with Crippen LogP contribution >= 0.6 is 42.6 Å². The van der Waals surface area contributed by atoms with Crippen molar-refractivity contribution in [3.63, 3.8) is 0 Å². The van der Waals surface area contributed by atoms with Crippen molar-refractivity contribution in [1.29, 1.82) is 0 Å². The van der Waals surface area contributed by atoms with E-state index in [1.165, 1.54) is 128 Å². The van der Waals surface area contributed by atoms with Crippen LogP contribution in [0.2, 0.25) is 23.2 Å². The maximum atomic E-state index is 15.5. The van der Waals surface area contributed by atoms with Crippen LogP contribution in [0.25, 0.3) is 10.4 Å². The average molecular weight is 1610 g/mol. The third kappa shape index (κ3) is 39.6. The van der Waals surface area contributed by atoms with Gasteiger partial charge in [0.1, 0.15) is 31.0 Å². The van der Waals surface area contributed by atoms with E-state index in [4.69, 9.17) is 80.9 Å². The Morgan fingerprint density at radius 2 is 1.12 bits per heavy atom. The minimum Gasteiger partial charge on any atom is -0.462 e. The van der Waals surface area contributed by atoms with Gasteiger partial charge in [0.15, 0.2) is 20.7 Å². The summed E-state index contributed by atoms with van der Waals surface area (Å²) in [6, 6.07) is 17.1. The van der Waals surface area contributed by atoms with Gasteiger partial charge in [0, 0.05) is 11.3 Å². The van der Waals surface area contributed by atoms with Crippen LogP contribution in [-0.2, 0) is 60.3 Å². The molecule has 0 aromatic heterocycles. The summed E-state index contributed by atoms with van der Waals surface area (Å²) in [5.41, 5.74) is 10.5. The Kier molecular flexibility index (Phi) is 50.2. The van der Waals surface area contributed by atoms with E-state index >= 15 is 9.36 Å². The van der Waals surface area contributed by atoms with E-state index in [0.717, 1.165) is 87.4 Å². The molecule has 1 amide bonds. The second kappa shape index (κ2) is 55.0. The quantitative estimate of drug-likeness (QED) is 0.00622. The predicted octanol–water partition coefficient (Wildman–Crippen LogP) is 23.8. The first-order chi connectivity index (χ1) is 51.1. The number of phosphoric ester groups is 1. The van der Waals surface area contributed by atoms with Gasteiger partial charge in [0.25, 0.3) is 8.32 Å². The molecule has 1 aliphatic rings. The molecule has 0 radical (unpaired) electrons. The first kappa shape index (κ1) is 97.6. The van der Waals surface area contributed by atoms with E-state index < -0.39 is 120 Å². The molecule has 2 aromatic rings. The number of carbonyl (C=O) groups is 3. The third-order valence-corrected chi connectivity index (χ3v) is 31.5. The number of rotatable bonds is 61. The van der Waals surface area contributed by atoms with Gasteiger partial charge in [-0.2, -0.15) is 0 Å². The van der Waals surface area contributed by atoms with Crippen molar-refractivity contribution in [3.05, 3.63) is 109 Å². The molecule has 0 unspecified atom stereocenters. The van der Waals surface area contributed by atoms with Crippen molar-refractivity contribution in [3.8, 4) is 0 Å². The van der Waals surface area contributed by atoms with Crippen molar-refractivity contribution in [1.82, 2.24) is 5.32 Å². The lowest BCUT2D eigenvalue weighted by Gasteiger charge is -2.48. The number of carbonyl (C=O) groups excluding carboxylic acids is 3. The van der Waals surface area contributed by atoms with Crippen LogP contribution in [-0.4, -0.2) is 120 Å². The summed E-state index contributed by atoms with van der Waals surface area (Å²) < 4.78 is 79.5. The smallest absolute Gasteiger partial charge is 0.462 e. The van der Waals surface area contributed by atoms with Gasteiger partial charge >= 0.3 is 25.9 Å². The summed E-state index contributed by atoms with van der Waals surface area (Å²) in [5, 5.41) is 8.08. The zero-order chi connectivity index (χ0) is 78.9. The maximum Gasteiger partial charge on any atom is 0.475 e. The van der Waals surface area contributed by atoms with Crippen molar-refractivity contribution in [2.24, 2.45) is 5.11 Å². The molecule has 1 saturated heterocycles. The van der Waals surface area contributed by atoms with Gasteiger partial charge in [0.05, 0.1) is 45.0 Å². The number of benzene rings is 2. The number of phosphoric acid groups is 1. The molecule has 0 aliphatic carbocycles. The Morgan fingerprint density at radius 1 is 0.654 bits per heavy atom. The van der Waals surface area contributed by atoms with Gasteiger partial charge in [-0.05, 0) is 71.2 Å². The molecule has 610 valence electrons. The van der Waals surface area contributed by atoms with Gasteiger partial charge in [-0.1, -0.05) is 367 Å². The van der Waals surface area contributed by atoms with Crippen molar-refractivity contribution < 1.29 is 65.1 Å². The van der Waals surface area contributed by atoms with Crippen molar-refractivity contribution in [2.45, 2.75) is 363 Å². The van der Waals surface area contributed by atoms with E-state index in [1.54, 1.807) is 0 Å². The number of amides is 1. The second-order valence-corrected chi connectivity index (χ2v) is 44.6. The number of ether oxygens (including phenoxy) is 5. The van der Waals surface area contributed by atoms with Crippen LogP contribution in [0.4, 0.5) is 4.79 Å². The molecule has 107 heavy (non-hydrogen) atoms. The molecule has 3 rings (SSSR count). The zero-order valence-electron chi connectivity index (χ0n) is 67.5. The summed E-state index contributed by atoms with van der Waals surface area (Å²) in [5.74, 6) is -1.31.